The van der Waals surface area contributed by atoms with Gasteiger partial charge in [-0.05, 0) is 48.2 Å². The van der Waals surface area contributed by atoms with Crippen molar-refractivity contribution in [2.75, 3.05) is 17.2 Å². The van der Waals surface area contributed by atoms with Gasteiger partial charge in [-0.1, -0.05) is 36.4 Å². The van der Waals surface area contributed by atoms with E-state index in [2.05, 4.69) is 44.9 Å². The molecule has 0 saturated heterocycles. The van der Waals surface area contributed by atoms with Crippen molar-refractivity contribution in [2.24, 2.45) is 5.14 Å². The van der Waals surface area contributed by atoms with Crippen LogP contribution in [-0.2, 0) is 11.2 Å². The minimum atomic E-state index is -4.64. The minimum Gasteiger partial charge on any atom is -0.370 e. The van der Waals surface area contributed by atoms with Gasteiger partial charge in [0.1, 0.15) is 5.82 Å². The summed E-state index contributed by atoms with van der Waals surface area (Å²) < 4.78 is 32.5. The number of nitrogens with two attached hydrogens (primary N) is 1. The maximum atomic E-state index is 10.8. The summed E-state index contributed by atoms with van der Waals surface area (Å²) in [5, 5.41) is 12.1. The van der Waals surface area contributed by atoms with Crippen LogP contribution in [0.1, 0.15) is 12.5 Å². The van der Waals surface area contributed by atoms with Crippen LogP contribution in [0, 0.1) is 0 Å². The summed E-state index contributed by atoms with van der Waals surface area (Å²) in [7, 11) is 0. The Balaban J connectivity index is 0.000000423. The van der Waals surface area contributed by atoms with E-state index in [0.29, 0.717) is 12.9 Å². The smallest absolute Gasteiger partial charge is 0.370 e. The van der Waals surface area contributed by atoms with E-state index in [1.54, 1.807) is 6.20 Å². The number of rotatable bonds is 7. The summed E-state index contributed by atoms with van der Waals surface area (Å²) in [5.74, 6) is -0.404. The fourth-order valence-electron chi connectivity index (χ4n) is 2.27. The highest BCUT2D eigenvalue weighted by Gasteiger charge is 2.33. The monoisotopic (exact) mass is 449 g/mol. The van der Waals surface area contributed by atoms with Gasteiger partial charge >= 0.3 is 6.18 Å². The Morgan fingerprint density at radius 3 is 2.45 bits per heavy atom. The molecule has 0 aliphatic carbocycles. The van der Waals surface area contributed by atoms with Crippen LogP contribution in [0.3, 0.4) is 0 Å². The molecule has 0 bridgehead atoms. The number of nitrogens with zero attached hydrogens (tertiary/aromatic N) is 2. The van der Waals surface area contributed by atoms with Crippen molar-refractivity contribution < 1.29 is 18.0 Å². The van der Waals surface area contributed by atoms with Gasteiger partial charge in [-0.2, -0.15) is 18.2 Å². The number of anilines is 3. The van der Waals surface area contributed by atoms with Gasteiger partial charge in [-0.25, -0.2) is 4.98 Å². The molecular formula is C21H22F3N5OS. The highest BCUT2D eigenvalue weighted by Crippen LogP contribution is 2.20. The van der Waals surface area contributed by atoms with Crippen molar-refractivity contribution in [3.05, 3.63) is 72.4 Å². The van der Waals surface area contributed by atoms with E-state index in [0.717, 1.165) is 29.4 Å². The molecule has 0 aliphatic heterocycles. The van der Waals surface area contributed by atoms with Gasteiger partial charge in [0.05, 0.1) is 0 Å². The first-order chi connectivity index (χ1) is 14.8. The lowest BCUT2D eigenvalue weighted by molar-refractivity contribution is -0.168. The molecule has 4 N–H and O–H groups in total. The summed E-state index contributed by atoms with van der Waals surface area (Å²) in [6, 6.07) is 20.1. The zero-order chi connectivity index (χ0) is 22.7. The van der Waals surface area contributed by atoms with Crippen LogP contribution >= 0.6 is 11.9 Å². The van der Waals surface area contributed by atoms with Gasteiger partial charge in [0, 0.05) is 30.2 Å². The number of benzene rings is 2. The van der Waals surface area contributed by atoms with Crippen molar-refractivity contribution in [1.29, 1.82) is 0 Å². The van der Waals surface area contributed by atoms with Crippen molar-refractivity contribution in [3.63, 3.8) is 0 Å². The maximum Gasteiger partial charge on any atom is 0.449 e. The van der Waals surface area contributed by atoms with Crippen LogP contribution in [0.5, 0.6) is 0 Å². The van der Waals surface area contributed by atoms with Crippen LogP contribution in [0.2, 0.25) is 0 Å². The molecule has 2 aromatic carbocycles. The number of aromatic nitrogens is 2. The molecule has 1 heterocycles. The van der Waals surface area contributed by atoms with Gasteiger partial charge in [-0.15, -0.1) is 0 Å². The second-order valence-electron chi connectivity index (χ2n) is 6.25. The van der Waals surface area contributed by atoms with Crippen molar-refractivity contribution in [3.8, 4) is 0 Å². The lowest BCUT2D eigenvalue weighted by atomic mass is 10.1. The molecule has 0 amide bonds. The Bertz CT molecular complexity index is 970. The summed E-state index contributed by atoms with van der Waals surface area (Å²) in [6.07, 6.45) is -1.95. The molecule has 3 aromatic rings. The zero-order valence-electron chi connectivity index (χ0n) is 16.7. The molecular weight excluding hydrogens is 427 g/mol. The van der Waals surface area contributed by atoms with E-state index in [1.807, 2.05) is 36.4 Å². The van der Waals surface area contributed by atoms with E-state index in [4.69, 9.17) is 5.14 Å². The van der Waals surface area contributed by atoms with E-state index in [1.165, 1.54) is 17.5 Å². The quantitative estimate of drug-likeness (QED) is 0.438. The molecule has 0 unspecified atom stereocenters. The van der Waals surface area contributed by atoms with E-state index in [9.17, 15) is 18.0 Å². The molecule has 0 aliphatic rings. The first-order valence-electron chi connectivity index (χ1n) is 9.20. The molecule has 0 fully saturated rings. The average Bonchev–Trinajstić information content (AvgIpc) is 2.75. The molecule has 3 rings (SSSR count). The van der Waals surface area contributed by atoms with Crippen LogP contribution in [0.25, 0.3) is 0 Å². The van der Waals surface area contributed by atoms with Crippen LogP contribution in [0.15, 0.2) is 71.8 Å². The molecule has 10 heteroatoms. The predicted molar refractivity (Wildman–Crippen MR) is 117 cm³/mol. The summed E-state index contributed by atoms with van der Waals surface area (Å²) in [5.41, 5.74) is 2.21. The summed E-state index contributed by atoms with van der Waals surface area (Å²) in [4.78, 5) is 19.1. The number of nitrogens with one attached hydrogen (secondary N) is 2. The maximum absolute atomic E-state index is 10.8. The van der Waals surface area contributed by atoms with Gasteiger partial charge in [0.2, 0.25) is 11.7 Å². The van der Waals surface area contributed by atoms with Crippen molar-refractivity contribution in [1.82, 2.24) is 9.97 Å². The standard InChI is InChI=1S/C18H19N5S.C3H3F3O/c19-24-16-8-4-7-15(13-16)22-18-21-12-10-17(23-18)20-11-9-14-5-2-1-3-6-14;1-2(7)3(4,5)6/h1-8,10,12-13H,9,11,19H2,(H2,20,21,22,23);1H3. The number of carbonyl (C=O) groups is 1. The van der Waals surface area contributed by atoms with Gasteiger partial charge in [0.25, 0.3) is 0 Å². The van der Waals surface area contributed by atoms with Crippen LogP contribution < -0.4 is 15.8 Å². The van der Waals surface area contributed by atoms with Crippen LogP contribution in [0.4, 0.5) is 30.6 Å². The average molecular weight is 450 g/mol. The number of halogens is 3. The molecule has 31 heavy (non-hydrogen) atoms. The lowest BCUT2D eigenvalue weighted by Crippen LogP contribution is -2.18. The van der Waals surface area contributed by atoms with E-state index < -0.39 is 12.0 Å². The fourth-order valence-corrected chi connectivity index (χ4v) is 2.63. The first kappa shape index (κ1) is 24.2. The molecule has 6 nitrogen and oxygen atoms in total. The second-order valence-corrected chi connectivity index (χ2v) is 6.96. The predicted octanol–water partition coefficient (Wildman–Crippen LogP) is 4.98. The Labute approximate surface area is 182 Å². The Hall–Kier alpha value is -3.11. The topological polar surface area (TPSA) is 92.9 Å². The van der Waals surface area contributed by atoms with E-state index >= 15 is 0 Å². The first-order valence-corrected chi connectivity index (χ1v) is 10.1. The number of hydrogen-bond acceptors (Lipinski definition) is 7. The third-order valence-electron chi connectivity index (χ3n) is 3.84. The molecule has 0 saturated carbocycles. The molecule has 0 spiro atoms. The number of hydrogen-bond donors (Lipinski definition) is 3. The van der Waals surface area contributed by atoms with Crippen molar-refractivity contribution in [2.45, 2.75) is 24.4 Å². The fraction of sp³-hybridized carbons (Fsp3) is 0.190. The van der Waals surface area contributed by atoms with E-state index in [-0.39, 0.29) is 0 Å². The van der Waals surface area contributed by atoms with Gasteiger partial charge in [-0.3, -0.25) is 9.93 Å². The lowest BCUT2D eigenvalue weighted by Gasteiger charge is -2.09. The Morgan fingerprint density at radius 2 is 1.81 bits per heavy atom. The van der Waals surface area contributed by atoms with Crippen molar-refractivity contribution >= 4 is 35.2 Å². The highest BCUT2D eigenvalue weighted by atomic mass is 32.2. The van der Waals surface area contributed by atoms with Gasteiger partial charge in [0.15, 0.2) is 0 Å². The SMILES string of the molecule is CC(=O)C(F)(F)F.NSc1cccc(Nc2nccc(NCCc3ccccc3)n2)c1. The summed E-state index contributed by atoms with van der Waals surface area (Å²) in [6.45, 7) is 1.31. The largest absolute Gasteiger partial charge is 0.449 e. The van der Waals surface area contributed by atoms with Crippen LogP contribution in [-0.4, -0.2) is 28.5 Å². The summed E-state index contributed by atoms with van der Waals surface area (Å²) >= 11 is 1.21. The number of carbonyl (C=O) groups excluding carboxylic acids is 1. The highest BCUT2D eigenvalue weighted by molar-refractivity contribution is 7.97. The Morgan fingerprint density at radius 1 is 1.10 bits per heavy atom. The number of ketones is 1. The zero-order valence-corrected chi connectivity index (χ0v) is 17.5. The van der Waals surface area contributed by atoms with Gasteiger partial charge < -0.3 is 10.6 Å². The number of Topliss-reactive ketones (excluding diaryl/α,β-unsaturated/α-hetero) is 1. The normalized spacial score (nSPS) is 10.6. The molecule has 0 radical (unpaired) electrons. The Kier molecular flexibility index (Phi) is 9.29. The molecule has 0 atom stereocenters. The third-order valence-corrected chi connectivity index (χ3v) is 4.37. The third kappa shape index (κ3) is 9.06. The number of alkyl halides is 3. The molecule has 164 valence electrons. The molecule has 1 aromatic heterocycles. The minimum absolute atomic E-state index is 0.486. The second kappa shape index (κ2) is 11.9.